The van der Waals surface area contributed by atoms with Crippen LogP contribution in [0.5, 0.6) is 5.88 Å². The molecule has 1 heterocycles. The molecular weight excluding hydrogens is 257 g/mol. The lowest BCUT2D eigenvalue weighted by Gasteiger charge is -2.08. The summed E-state index contributed by atoms with van der Waals surface area (Å²) in [5.74, 6) is -0.251. The second-order valence-electron chi connectivity index (χ2n) is 3.56. The summed E-state index contributed by atoms with van der Waals surface area (Å²) >= 11 is 5.79. The van der Waals surface area contributed by atoms with Crippen LogP contribution in [0, 0.1) is 5.82 Å². The number of hydrogen-bond donors (Lipinski definition) is 0. The van der Waals surface area contributed by atoms with Gasteiger partial charge in [0.2, 0.25) is 5.88 Å². The Hall–Kier alpha value is -1.94. The van der Waals surface area contributed by atoms with E-state index in [0.717, 1.165) is 6.20 Å². The predicted octanol–water partition coefficient (Wildman–Crippen LogP) is 3.36. The van der Waals surface area contributed by atoms with Crippen LogP contribution >= 0.6 is 11.6 Å². The van der Waals surface area contributed by atoms with Crippen LogP contribution in [0.4, 0.5) is 4.39 Å². The first-order chi connectivity index (χ1) is 8.65. The Kier molecular flexibility index (Phi) is 3.58. The standard InChI is InChI=1S/C13H9ClFNO2/c1-18-13-5-11(12(15)6-16-13)10-3-2-9(14)4-8(10)7-17/h2-7H,1H3. The van der Waals surface area contributed by atoms with Crippen molar-refractivity contribution in [2.24, 2.45) is 0 Å². The zero-order valence-electron chi connectivity index (χ0n) is 9.48. The number of nitrogens with zero attached hydrogens (tertiary/aromatic N) is 1. The Labute approximate surface area is 108 Å². The summed E-state index contributed by atoms with van der Waals surface area (Å²) < 4.78 is 18.7. The quantitative estimate of drug-likeness (QED) is 0.799. The third-order valence-corrected chi connectivity index (χ3v) is 2.71. The Morgan fingerprint density at radius 1 is 1.33 bits per heavy atom. The first-order valence-corrected chi connectivity index (χ1v) is 5.48. The highest BCUT2D eigenvalue weighted by atomic mass is 35.5. The summed E-state index contributed by atoms with van der Waals surface area (Å²) in [6.07, 6.45) is 1.69. The monoisotopic (exact) mass is 265 g/mol. The molecule has 2 aromatic rings. The number of ether oxygens (including phenoxy) is 1. The van der Waals surface area contributed by atoms with E-state index in [4.69, 9.17) is 16.3 Å². The maximum atomic E-state index is 13.7. The third-order valence-electron chi connectivity index (χ3n) is 2.47. The summed E-state index contributed by atoms with van der Waals surface area (Å²) in [6, 6.07) is 6.10. The smallest absolute Gasteiger partial charge is 0.213 e. The van der Waals surface area contributed by atoms with Gasteiger partial charge in [0, 0.05) is 22.2 Å². The van der Waals surface area contributed by atoms with Gasteiger partial charge < -0.3 is 4.74 Å². The molecular formula is C13H9ClFNO2. The summed E-state index contributed by atoms with van der Waals surface area (Å²) in [4.78, 5) is 14.7. The number of hydrogen-bond acceptors (Lipinski definition) is 3. The largest absolute Gasteiger partial charge is 0.481 e. The topological polar surface area (TPSA) is 39.2 Å². The van der Waals surface area contributed by atoms with Crippen molar-refractivity contribution in [3.63, 3.8) is 0 Å². The number of benzene rings is 1. The zero-order valence-corrected chi connectivity index (χ0v) is 10.2. The molecule has 0 saturated carbocycles. The van der Waals surface area contributed by atoms with Gasteiger partial charge in [-0.05, 0) is 17.7 Å². The molecule has 92 valence electrons. The maximum Gasteiger partial charge on any atom is 0.213 e. The molecule has 3 nitrogen and oxygen atoms in total. The van der Waals surface area contributed by atoms with Crippen molar-refractivity contribution in [1.29, 1.82) is 0 Å². The number of rotatable bonds is 3. The van der Waals surface area contributed by atoms with Crippen LogP contribution in [0.1, 0.15) is 10.4 Å². The molecule has 0 saturated heterocycles. The van der Waals surface area contributed by atoms with E-state index in [-0.39, 0.29) is 11.4 Å². The van der Waals surface area contributed by atoms with Crippen LogP contribution in [0.15, 0.2) is 30.5 Å². The van der Waals surface area contributed by atoms with E-state index in [1.807, 2.05) is 0 Å². The lowest BCUT2D eigenvalue weighted by Crippen LogP contribution is -1.94. The average Bonchev–Trinajstić information content (AvgIpc) is 2.39. The number of halogens is 2. The molecule has 0 amide bonds. The van der Waals surface area contributed by atoms with Crippen molar-refractivity contribution in [1.82, 2.24) is 4.98 Å². The molecule has 2 rings (SSSR count). The minimum Gasteiger partial charge on any atom is -0.481 e. The van der Waals surface area contributed by atoms with Gasteiger partial charge in [0.15, 0.2) is 6.29 Å². The number of aromatic nitrogens is 1. The second kappa shape index (κ2) is 5.14. The summed E-state index contributed by atoms with van der Waals surface area (Å²) in [5.41, 5.74) is 1.02. The van der Waals surface area contributed by atoms with Gasteiger partial charge in [-0.15, -0.1) is 0 Å². The summed E-state index contributed by atoms with van der Waals surface area (Å²) in [6.45, 7) is 0. The zero-order chi connectivity index (χ0) is 13.1. The molecule has 0 fully saturated rings. The lowest BCUT2D eigenvalue weighted by molar-refractivity contribution is 0.112. The minimum absolute atomic E-state index is 0.251. The van der Waals surface area contributed by atoms with Crippen LogP contribution < -0.4 is 4.74 Å². The first kappa shape index (κ1) is 12.5. The number of aldehydes is 1. The van der Waals surface area contributed by atoms with Crippen LogP contribution in [0.2, 0.25) is 5.02 Å². The van der Waals surface area contributed by atoms with E-state index >= 15 is 0 Å². The van der Waals surface area contributed by atoms with Crippen LogP contribution in [0.25, 0.3) is 11.1 Å². The van der Waals surface area contributed by atoms with Gasteiger partial charge in [0.1, 0.15) is 5.82 Å². The highest BCUT2D eigenvalue weighted by molar-refractivity contribution is 6.31. The lowest BCUT2D eigenvalue weighted by atomic mass is 10.0. The van der Waals surface area contributed by atoms with Gasteiger partial charge in [-0.1, -0.05) is 17.7 Å². The summed E-state index contributed by atoms with van der Waals surface area (Å²) in [7, 11) is 1.44. The molecule has 0 aliphatic rings. The van der Waals surface area contributed by atoms with Gasteiger partial charge >= 0.3 is 0 Å². The molecule has 0 bridgehead atoms. The highest BCUT2D eigenvalue weighted by Crippen LogP contribution is 2.29. The van der Waals surface area contributed by atoms with Crippen molar-refractivity contribution >= 4 is 17.9 Å². The van der Waals surface area contributed by atoms with Crippen molar-refractivity contribution in [3.8, 4) is 17.0 Å². The molecule has 0 aliphatic heterocycles. The summed E-state index contributed by atoms with van der Waals surface area (Å²) in [5, 5.41) is 0.419. The number of methoxy groups -OCH3 is 1. The Balaban J connectivity index is 2.64. The second-order valence-corrected chi connectivity index (χ2v) is 3.99. The fourth-order valence-corrected chi connectivity index (χ4v) is 1.79. The fraction of sp³-hybridized carbons (Fsp3) is 0.0769. The van der Waals surface area contributed by atoms with Crippen LogP contribution in [-0.2, 0) is 0 Å². The molecule has 1 aromatic carbocycles. The molecule has 1 aromatic heterocycles. The maximum absolute atomic E-state index is 13.7. The normalized spacial score (nSPS) is 10.2. The highest BCUT2D eigenvalue weighted by Gasteiger charge is 2.12. The van der Waals surface area contributed by atoms with Crippen molar-refractivity contribution < 1.29 is 13.9 Å². The molecule has 0 aliphatic carbocycles. The van der Waals surface area contributed by atoms with Gasteiger partial charge in [-0.2, -0.15) is 0 Å². The third kappa shape index (κ3) is 2.33. The minimum atomic E-state index is -0.527. The first-order valence-electron chi connectivity index (χ1n) is 5.10. The Morgan fingerprint density at radius 2 is 2.11 bits per heavy atom. The number of carbonyl (C=O) groups is 1. The van der Waals surface area contributed by atoms with Crippen molar-refractivity contribution in [2.45, 2.75) is 0 Å². The van der Waals surface area contributed by atoms with Gasteiger partial charge in [0.05, 0.1) is 13.3 Å². The Bertz CT molecular complexity index is 602. The Morgan fingerprint density at radius 3 is 2.78 bits per heavy atom. The average molecular weight is 266 g/mol. The van der Waals surface area contributed by atoms with E-state index < -0.39 is 5.82 Å². The number of pyridine rings is 1. The van der Waals surface area contributed by atoms with Gasteiger partial charge in [-0.25, -0.2) is 9.37 Å². The van der Waals surface area contributed by atoms with E-state index in [1.54, 1.807) is 12.1 Å². The molecule has 0 unspecified atom stereocenters. The van der Waals surface area contributed by atoms with E-state index in [2.05, 4.69) is 4.98 Å². The van der Waals surface area contributed by atoms with Crippen molar-refractivity contribution in [3.05, 3.63) is 46.9 Å². The van der Waals surface area contributed by atoms with E-state index in [0.29, 0.717) is 22.4 Å². The van der Waals surface area contributed by atoms with E-state index in [1.165, 1.54) is 19.2 Å². The molecule has 18 heavy (non-hydrogen) atoms. The van der Waals surface area contributed by atoms with Crippen LogP contribution in [0.3, 0.4) is 0 Å². The van der Waals surface area contributed by atoms with Crippen LogP contribution in [-0.4, -0.2) is 18.4 Å². The molecule has 0 spiro atoms. The van der Waals surface area contributed by atoms with Crippen molar-refractivity contribution in [2.75, 3.05) is 7.11 Å². The van der Waals surface area contributed by atoms with Gasteiger partial charge in [-0.3, -0.25) is 4.79 Å². The predicted molar refractivity (Wildman–Crippen MR) is 66.6 cm³/mol. The fourth-order valence-electron chi connectivity index (χ4n) is 1.61. The van der Waals surface area contributed by atoms with E-state index in [9.17, 15) is 9.18 Å². The molecule has 0 N–H and O–H groups in total. The number of carbonyl (C=O) groups excluding carboxylic acids is 1. The molecule has 0 radical (unpaired) electrons. The molecule has 0 atom stereocenters. The molecule has 5 heteroatoms. The SMILES string of the molecule is COc1cc(-c2ccc(Cl)cc2C=O)c(F)cn1. The van der Waals surface area contributed by atoms with Gasteiger partial charge in [0.25, 0.3) is 0 Å².